The molecule has 0 aromatic heterocycles. The fourth-order valence-corrected chi connectivity index (χ4v) is 2.24. The fraction of sp³-hybridized carbons (Fsp3) is 0.429. The van der Waals surface area contributed by atoms with Gasteiger partial charge in [0.15, 0.2) is 0 Å². The molecule has 2 amide bonds. The molecule has 0 bridgehead atoms. The largest absolute Gasteiger partial charge is 0.383 e. The molecule has 0 unspecified atom stereocenters. The number of nitrogens with zero attached hydrogens (tertiary/aromatic N) is 1. The van der Waals surface area contributed by atoms with Crippen LogP contribution in [0.2, 0.25) is 0 Å². The van der Waals surface area contributed by atoms with Gasteiger partial charge < -0.3 is 10.5 Å². The molecular weight excluding hydrogens is 260 g/mol. The summed E-state index contributed by atoms with van der Waals surface area (Å²) in [5.41, 5.74) is 7.33. The Balaban J connectivity index is 2.26. The highest BCUT2D eigenvalue weighted by Gasteiger charge is 2.36. The molecule has 20 heavy (non-hydrogen) atoms. The van der Waals surface area contributed by atoms with Crippen LogP contribution in [0.3, 0.4) is 0 Å². The second-order valence-electron chi connectivity index (χ2n) is 4.74. The van der Waals surface area contributed by atoms with Crippen molar-refractivity contribution in [3.8, 4) is 0 Å². The van der Waals surface area contributed by atoms with Gasteiger partial charge >= 0.3 is 0 Å². The number of benzene rings is 1. The molecule has 108 valence electrons. The Bertz CT molecular complexity index is 530. The van der Waals surface area contributed by atoms with Crippen molar-refractivity contribution in [2.45, 2.75) is 12.8 Å². The number of ether oxygens (including phenoxy) is 1. The first-order valence-corrected chi connectivity index (χ1v) is 6.38. The molecule has 6 heteroatoms. The van der Waals surface area contributed by atoms with Crippen molar-refractivity contribution in [2.24, 2.45) is 5.73 Å². The molecule has 1 saturated heterocycles. The number of methoxy groups -OCH3 is 1. The predicted molar refractivity (Wildman–Crippen MR) is 72.0 cm³/mol. The van der Waals surface area contributed by atoms with E-state index in [-0.39, 0.29) is 12.5 Å². The molecule has 1 heterocycles. The number of carbonyl (C=O) groups excluding carboxylic acids is 2. The van der Waals surface area contributed by atoms with Crippen LogP contribution in [-0.2, 0) is 14.4 Å². The lowest BCUT2D eigenvalue weighted by atomic mass is 9.92. The third kappa shape index (κ3) is 2.81. The Labute approximate surface area is 117 Å². The standard InChI is InChI=1S/C14H18N2O4/c1-9-3-4-10(13(15)17)11(7-9)12-8-20-16(14(12)18)5-6-19-2/h3-4,7,12H,5-6,8H2,1-2H3,(H2,15,17)/t12-/m0/s1. The zero-order chi connectivity index (χ0) is 14.7. The quantitative estimate of drug-likeness (QED) is 0.855. The molecule has 1 aliphatic rings. The van der Waals surface area contributed by atoms with Gasteiger partial charge in [-0.25, -0.2) is 5.06 Å². The average molecular weight is 278 g/mol. The van der Waals surface area contributed by atoms with E-state index in [4.69, 9.17) is 15.3 Å². The normalized spacial score (nSPS) is 18.6. The molecule has 1 atom stereocenters. The second kappa shape index (κ2) is 6.02. The number of primary amides is 1. The van der Waals surface area contributed by atoms with Crippen LogP contribution >= 0.6 is 0 Å². The molecule has 1 aromatic rings. The SMILES string of the molecule is COCCN1OC[C@@H](c2cc(C)ccc2C(N)=O)C1=O. The van der Waals surface area contributed by atoms with Crippen LogP contribution in [0.15, 0.2) is 18.2 Å². The van der Waals surface area contributed by atoms with E-state index in [1.807, 2.05) is 13.0 Å². The number of carbonyl (C=O) groups is 2. The molecule has 2 rings (SSSR count). The summed E-state index contributed by atoms with van der Waals surface area (Å²) in [6.45, 7) is 2.88. The van der Waals surface area contributed by atoms with E-state index in [1.165, 1.54) is 5.06 Å². The van der Waals surface area contributed by atoms with E-state index in [1.54, 1.807) is 19.2 Å². The van der Waals surface area contributed by atoms with Gasteiger partial charge in [-0.1, -0.05) is 17.7 Å². The summed E-state index contributed by atoms with van der Waals surface area (Å²) in [6, 6.07) is 5.26. The Kier molecular flexibility index (Phi) is 4.36. The molecule has 2 N–H and O–H groups in total. The third-order valence-corrected chi connectivity index (χ3v) is 3.29. The van der Waals surface area contributed by atoms with Gasteiger partial charge in [-0.15, -0.1) is 0 Å². The topological polar surface area (TPSA) is 81.9 Å². The Morgan fingerprint density at radius 2 is 2.30 bits per heavy atom. The first-order chi connectivity index (χ1) is 9.54. The minimum atomic E-state index is -0.539. The van der Waals surface area contributed by atoms with Crippen molar-refractivity contribution in [1.29, 1.82) is 0 Å². The minimum Gasteiger partial charge on any atom is -0.383 e. The summed E-state index contributed by atoms with van der Waals surface area (Å²) < 4.78 is 4.93. The highest BCUT2D eigenvalue weighted by molar-refractivity contribution is 5.97. The lowest BCUT2D eigenvalue weighted by molar-refractivity contribution is -0.164. The van der Waals surface area contributed by atoms with Gasteiger partial charge in [0.1, 0.15) is 0 Å². The molecule has 0 aliphatic carbocycles. The van der Waals surface area contributed by atoms with E-state index in [0.717, 1.165) is 5.56 Å². The van der Waals surface area contributed by atoms with Crippen LogP contribution in [-0.4, -0.2) is 43.7 Å². The molecule has 0 radical (unpaired) electrons. The molecule has 1 aliphatic heterocycles. The number of aryl methyl sites for hydroxylation is 1. The minimum absolute atomic E-state index is 0.171. The van der Waals surface area contributed by atoms with Crippen molar-refractivity contribution in [3.63, 3.8) is 0 Å². The number of amides is 2. The number of hydrogen-bond acceptors (Lipinski definition) is 4. The van der Waals surface area contributed by atoms with Crippen LogP contribution in [0.5, 0.6) is 0 Å². The summed E-state index contributed by atoms with van der Waals surface area (Å²) in [4.78, 5) is 29.1. The maximum atomic E-state index is 12.3. The first kappa shape index (κ1) is 14.5. The van der Waals surface area contributed by atoms with Crippen molar-refractivity contribution < 1.29 is 19.2 Å². The van der Waals surface area contributed by atoms with E-state index >= 15 is 0 Å². The zero-order valence-electron chi connectivity index (χ0n) is 11.6. The maximum absolute atomic E-state index is 12.3. The summed E-state index contributed by atoms with van der Waals surface area (Å²) in [5.74, 6) is -1.20. The molecule has 0 spiro atoms. The van der Waals surface area contributed by atoms with Gasteiger partial charge in [0.2, 0.25) is 5.91 Å². The van der Waals surface area contributed by atoms with Gasteiger partial charge in [0, 0.05) is 12.7 Å². The summed E-state index contributed by atoms with van der Waals surface area (Å²) in [6.07, 6.45) is 0. The fourth-order valence-electron chi connectivity index (χ4n) is 2.24. The van der Waals surface area contributed by atoms with Crippen LogP contribution in [0.4, 0.5) is 0 Å². The number of hydroxylamine groups is 2. The first-order valence-electron chi connectivity index (χ1n) is 6.38. The van der Waals surface area contributed by atoms with Gasteiger partial charge in [0.05, 0.1) is 25.7 Å². The molecule has 1 fully saturated rings. The van der Waals surface area contributed by atoms with Crippen molar-refractivity contribution in [2.75, 3.05) is 26.9 Å². The monoisotopic (exact) mass is 278 g/mol. The lowest BCUT2D eigenvalue weighted by Gasteiger charge is -2.15. The summed E-state index contributed by atoms with van der Waals surface area (Å²) >= 11 is 0. The van der Waals surface area contributed by atoms with Crippen molar-refractivity contribution in [1.82, 2.24) is 5.06 Å². The van der Waals surface area contributed by atoms with Crippen molar-refractivity contribution in [3.05, 3.63) is 34.9 Å². The molecule has 0 saturated carbocycles. The van der Waals surface area contributed by atoms with Gasteiger partial charge in [0.25, 0.3) is 5.91 Å². The zero-order valence-corrected chi connectivity index (χ0v) is 11.6. The maximum Gasteiger partial charge on any atom is 0.256 e. The smallest absolute Gasteiger partial charge is 0.256 e. The summed E-state index contributed by atoms with van der Waals surface area (Å²) in [5, 5.41) is 1.28. The Morgan fingerprint density at radius 1 is 1.55 bits per heavy atom. The van der Waals surface area contributed by atoms with Gasteiger partial charge in [-0.3, -0.25) is 14.4 Å². The van der Waals surface area contributed by atoms with E-state index < -0.39 is 11.8 Å². The van der Waals surface area contributed by atoms with Crippen LogP contribution < -0.4 is 5.73 Å². The Morgan fingerprint density at radius 3 is 2.95 bits per heavy atom. The predicted octanol–water partition coefficient (Wildman–Crippen LogP) is 0.598. The third-order valence-electron chi connectivity index (χ3n) is 3.29. The summed E-state index contributed by atoms with van der Waals surface area (Å²) in [7, 11) is 1.56. The molecule has 1 aromatic carbocycles. The number of hydrogen-bond donors (Lipinski definition) is 1. The van der Waals surface area contributed by atoms with Crippen LogP contribution in [0.25, 0.3) is 0 Å². The van der Waals surface area contributed by atoms with Gasteiger partial charge in [-0.2, -0.15) is 0 Å². The average Bonchev–Trinajstić information content (AvgIpc) is 2.77. The molecule has 6 nitrogen and oxygen atoms in total. The van der Waals surface area contributed by atoms with Crippen molar-refractivity contribution >= 4 is 11.8 Å². The van der Waals surface area contributed by atoms with Gasteiger partial charge in [-0.05, 0) is 18.6 Å². The highest BCUT2D eigenvalue weighted by Crippen LogP contribution is 2.28. The van der Waals surface area contributed by atoms with E-state index in [9.17, 15) is 9.59 Å². The number of nitrogens with two attached hydrogens (primary N) is 1. The second-order valence-corrected chi connectivity index (χ2v) is 4.74. The Hall–Kier alpha value is -1.92. The van der Waals surface area contributed by atoms with Crippen LogP contribution in [0, 0.1) is 6.92 Å². The molecular formula is C14H18N2O4. The lowest BCUT2D eigenvalue weighted by Crippen LogP contribution is -2.29. The van der Waals surface area contributed by atoms with Crippen LogP contribution in [0.1, 0.15) is 27.4 Å². The highest BCUT2D eigenvalue weighted by atomic mass is 16.7. The van der Waals surface area contributed by atoms with E-state index in [0.29, 0.717) is 24.3 Å². The van der Waals surface area contributed by atoms with E-state index in [2.05, 4.69) is 0 Å². The number of rotatable bonds is 5.